The van der Waals surface area contributed by atoms with Crippen LogP contribution < -0.4 is 15.6 Å². The molecular formula is C22H24N2O3. The Labute approximate surface area is 158 Å². The number of pyridine rings is 1. The Morgan fingerprint density at radius 2 is 1.81 bits per heavy atom. The number of para-hydroxylation sites is 1. The van der Waals surface area contributed by atoms with Crippen molar-refractivity contribution in [1.29, 1.82) is 0 Å². The Hall–Kier alpha value is -3.08. The molecule has 0 aliphatic heterocycles. The lowest BCUT2D eigenvalue weighted by atomic mass is 10.0. The number of rotatable bonds is 6. The summed E-state index contributed by atoms with van der Waals surface area (Å²) in [6.45, 7) is 4.27. The molecule has 140 valence electrons. The number of aromatic nitrogens is 1. The molecule has 0 atom stereocenters. The van der Waals surface area contributed by atoms with Gasteiger partial charge in [0.1, 0.15) is 5.75 Å². The standard InChI is InChI=1S/C22H24N2O3/c1-14-10-17-12-18(22(26)24-19(17)11-15(14)2)13-23-21(25)9-8-16-6-4-5-7-20(16)27-3/h4-7,10-12H,8-9,13H2,1-3H3,(H,23,25)(H,24,26). The Morgan fingerprint density at radius 1 is 1.07 bits per heavy atom. The fourth-order valence-electron chi connectivity index (χ4n) is 3.09. The number of carbonyl (C=O) groups excluding carboxylic acids is 1. The molecule has 3 aromatic rings. The molecule has 1 amide bonds. The van der Waals surface area contributed by atoms with Gasteiger partial charge in [-0.15, -0.1) is 0 Å². The number of carbonyl (C=O) groups is 1. The van der Waals surface area contributed by atoms with Crippen LogP contribution in [0.2, 0.25) is 0 Å². The SMILES string of the molecule is COc1ccccc1CCC(=O)NCc1cc2cc(C)c(C)cc2[nH]c1=O. The molecule has 5 nitrogen and oxygen atoms in total. The van der Waals surface area contributed by atoms with E-state index in [1.54, 1.807) is 7.11 Å². The maximum Gasteiger partial charge on any atom is 0.253 e. The van der Waals surface area contributed by atoms with Gasteiger partial charge in [-0.05, 0) is 66.6 Å². The van der Waals surface area contributed by atoms with Crippen molar-refractivity contribution in [3.63, 3.8) is 0 Å². The van der Waals surface area contributed by atoms with E-state index in [2.05, 4.69) is 10.3 Å². The summed E-state index contributed by atoms with van der Waals surface area (Å²) in [5.74, 6) is 0.683. The van der Waals surface area contributed by atoms with E-state index in [-0.39, 0.29) is 18.0 Å². The van der Waals surface area contributed by atoms with Crippen LogP contribution in [-0.4, -0.2) is 18.0 Å². The number of amides is 1. The Bertz CT molecular complexity index is 1040. The van der Waals surface area contributed by atoms with Gasteiger partial charge >= 0.3 is 0 Å². The van der Waals surface area contributed by atoms with Gasteiger partial charge in [0.2, 0.25) is 5.91 Å². The van der Waals surface area contributed by atoms with E-state index >= 15 is 0 Å². The summed E-state index contributed by atoms with van der Waals surface area (Å²) in [6, 6.07) is 13.5. The zero-order chi connectivity index (χ0) is 19.4. The third kappa shape index (κ3) is 4.37. The number of hydrogen-bond acceptors (Lipinski definition) is 3. The summed E-state index contributed by atoms with van der Waals surface area (Å²) in [5, 5.41) is 3.81. The molecule has 0 saturated heterocycles. The van der Waals surface area contributed by atoms with Gasteiger partial charge in [0.05, 0.1) is 7.11 Å². The highest BCUT2D eigenvalue weighted by molar-refractivity contribution is 5.81. The van der Waals surface area contributed by atoms with Crippen molar-refractivity contribution in [1.82, 2.24) is 10.3 Å². The number of hydrogen-bond donors (Lipinski definition) is 2. The van der Waals surface area contributed by atoms with E-state index in [0.717, 1.165) is 27.8 Å². The summed E-state index contributed by atoms with van der Waals surface area (Å²) in [4.78, 5) is 27.4. The molecule has 0 radical (unpaired) electrons. The summed E-state index contributed by atoms with van der Waals surface area (Å²) in [7, 11) is 1.62. The predicted octanol–water partition coefficient (Wildman–Crippen LogP) is 3.40. The van der Waals surface area contributed by atoms with E-state index in [1.807, 2.05) is 56.3 Å². The Balaban J connectivity index is 1.65. The van der Waals surface area contributed by atoms with Crippen LogP contribution in [0, 0.1) is 13.8 Å². The van der Waals surface area contributed by atoms with Crippen LogP contribution in [0.15, 0.2) is 47.3 Å². The molecule has 2 aromatic carbocycles. The third-order valence-corrected chi connectivity index (χ3v) is 4.83. The van der Waals surface area contributed by atoms with Gasteiger partial charge in [-0.1, -0.05) is 18.2 Å². The molecule has 0 aliphatic rings. The largest absolute Gasteiger partial charge is 0.496 e. The molecule has 0 unspecified atom stereocenters. The fourth-order valence-corrected chi connectivity index (χ4v) is 3.09. The number of methoxy groups -OCH3 is 1. The van der Waals surface area contributed by atoms with Gasteiger partial charge in [0.15, 0.2) is 0 Å². The minimum Gasteiger partial charge on any atom is -0.496 e. The van der Waals surface area contributed by atoms with E-state index in [9.17, 15) is 9.59 Å². The van der Waals surface area contributed by atoms with Crippen molar-refractivity contribution in [3.05, 3.63) is 75.1 Å². The fraction of sp³-hybridized carbons (Fsp3) is 0.273. The lowest BCUT2D eigenvalue weighted by Gasteiger charge is -2.09. The normalized spacial score (nSPS) is 10.8. The number of fused-ring (bicyclic) bond motifs is 1. The first kappa shape index (κ1) is 18.7. The average Bonchev–Trinajstić information content (AvgIpc) is 2.66. The molecule has 3 rings (SSSR count). The highest BCUT2D eigenvalue weighted by Crippen LogP contribution is 2.19. The van der Waals surface area contributed by atoms with Crippen LogP contribution in [0.1, 0.15) is 28.7 Å². The smallest absolute Gasteiger partial charge is 0.253 e. The summed E-state index contributed by atoms with van der Waals surface area (Å²) >= 11 is 0. The third-order valence-electron chi connectivity index (χ3n) is 4.83. The topological polar surface area (TPSA) is 71.2 Å². The van der Waals surface area contributed by atoms with Gasteiger partial charge in [-0.3, -0.25) is 9.59 Å². The predicted molar refractivity (Wildman–Crippen MR) is 107 cm³/mol. The first-order valence-corrected chi connectivity index (χ1v) is 8.99. The molecule has 2 N–H and O–H groups in total. The van der Waals surface area contributed by atoms with Crippen molar-refractivity contribution in [2.24, 2.45) is 0 Å². The van der Waals surface area contributed by atoms with Crippen LogP contribution in [0.3, 0.4) is 0 Å². The summed E-state index contributed by atoms with van der Waals surface area (Å²) in [5.41, 5.74) is 4.49. The first-order chi connectivity index (χ1) is 13.0. The monoisotopic (exact) mass is 364 g/mol. The average molecular weight is 364 g/mol. The second-order valence-electron chi connectivity index (χ2n) is 6.74. The maximum atomic E-state index is 12.3. The number of ether oxygens (including phenoxy) is 1. The molecule has 27 heavy (non-hydrogen) atoms. The van der Waals surface area contributed by atoms with Crippen LogP contribution in [-0.2, 0) is 17.8 Å². The summed E-state index contributed by atoms with van der Waals surface area (Å²) in [6.07, 6.45) is 0.923. The maximum absolute atomic E-state index is 12.3. The molecule has 0 fully saturated rings. The molecule has 1 heterocycles. The minimum absolute atomic E-state index is 0.0968. The number of benzene rings is 2. The lowest BCUT2D eigenvalue weighted by Crippen LogP contribution is -2.27. The molecular weight excluding hydrogens is 340 g/mol. The number of aryl methyl sites for hydroxylation is 3. The number of aromatic amines is 1. The van der Waals surface area contributed by atoms with Gasteiger partial charge in [0, 0.05) is 24.0 Å². The Morgan fingerprint density at radius 3 is 2.59 bits per heavy atom. The molecule has 1 aromatic heterocycles. The van der Waals surface area contributed by atoms with E-state index in [0.29, 0.717) is 18.4 Å². The molecule has 0 saturated carbocycles. The quantitative estimate of drug-likeness (QED) is 0.704. The number of H-pyrrole nitrogens is 1. The van der Waals surface area contributed by atoms with Crippen LogP contribution in [0.4, 0.5) is 0 Å². The van der Waals surface area contributed by atoms with Crippen molar-refractivity contribution in [2.45, 2.75) is 33.2 Å². The minimum atomic E-state index is -0.171. The van der Waals surface area contributed by atoms with Gasteiger partial charge in [-0.25, -0.2) is 0 Å². The van der Waals surface area contributed by atoms with Crippen LogP contribution >= 0.6 is 0 Å². The van der Waals surface area contributed by atoms with Crippen molar-refractivity contribution in [2.75, 3.05) is 7.11 Å². The van der Waals surface area contributed by atoms with Crippen molar-refractivity contribution >= 4 is 16.8 Å². The number of nitrogens with one attached hydrogen (secondary N) is 2. The zero-order valence-corrected chi connectivity index (χ0v) is 15.9. The van der Waals surface area contributed by atoms with E-state index in [1.165, 1.54) is 5.56 Å². The van der Waals surface area contributed by atoms with Gasteiger partial charge in [-0.2, -0.15) is 0 Å². The molecule has 0 aliphatic carbocycles. The second kappa shape index (κ2) is 8.08. The first-order valence-electron chi connectivity index (χ1n) is 8.99. The highest BCUT2D eigenvalue weighted by atomic mass is 16.5. The lowest BCUT2D eigenvalue weighted by molar-refractivity contribution is -0.121. The van der Waals surface area contributed by atoms with E-state index in [4.69, 9.17) is 4.74 Å². The van der Waals surface area contributed by atoms with E-state index < -0.39 is 0 Å². The molecule has 0 bridgehead atoms. The summed E-state index contributed by atoms with van der Waals surface area (Å²) < 4.78 is 5.30. The zero-order valence-electron chi connectivity index (χ0n) is 15.9. The van der Waals surface area contributed by atoms with Crippen molar-refractivity contribution < 1.29 is 9.53 Å². The van der Waals surface area contributed by atoms with Crippen LogP contribution in [0.5, 0.6) is 5.75 Å². The van der Waals surface area contributed by atoms with Crippen molar-refractivity contribution in [3.8, 4) is 5.75 Å². The molecule has 5 heteroatoms. The second-order valence-corrected chi connectivity index (χ2v) is 6.74. The molecule has 0 spiro atoms. The van der Waals surface area contributed by atoms with Gasteiger partial charge in [0.25, 0.3) is 5.56 Å². The van der Waals surface area contributed by atoms with Crippen LogP contribution in [0.25, 0.3) is 10.9 Å². The van der Waals surface area contributed by atoms with Gasteiger partial charge < -0.3 is 15.0 Å². The highest BCUT2D eigenvalue weighted by Gasteiger charge is 2.09. The Kier molecular flexibility index (Phi) is 5.60.